The van der Waals surface area contributed by atoms with Crippen LogP contribution in [0.1, 0.15) is 60.6 Å². The van der Waals surface area contributed by atoms with Crippen molar-refractivity contribution in [3.05, 3.63) is 53.3 Å². The van der Waals surface area contributed by atoms with Crippen LogP contribution in [0.15, 0.2) is 36.5 Å². The van der Waals surface area contributed by atoms with Gasteiger partial charge in [0, 0.05) is 42.3 Å². The number of hydrogen-bond donors (Lipinski definition) is 3. The zero-order chi connectivity index (χ0) is 25.9. The molecule has 1 aromatic carbocycles. The Kier molecular flexibility index (Phi) is 7.51. The van der Waals surface area contributed by atoms with Gasteiger partial charge in [0.2, 0.25) is 5.91 Å². The Morgan fingerprint density at radius 1 is 1.14 bits per heavy atom. The van der Waals surface area contributed by atoms with Crippen LogP contribution in [0.5, 0.6) is 0 Å². The van der Waals surface area contributed by atoms with E-state index in [2.05, 4.69) is 20.6 Å². The topological polar surface area (TPSA) is 90.1 Å². The van der Waals surface area contributed by atoms with Gasteiger partial charge in [-0.1, -0.05) is 19.3 Å². The highest BCUT2D eigenvalue weighted by Crippen LogP contribution is 2.32. The van der Waals surface area contributed by atoms with Crippen molar-refractivity contribution in [1.29, 1.82) is 0 Å². The number of carbonyl (C=O) groups is 2. The van der Waals surface area contributed by atoms with E-state index in [0.717, 1.165) is 43.6 Å². The third kappa shape index (κ3) is 5.47. The van der Waals surface area contributed by atoms with Crippen molar-refractivity contribution in [2.24, 2.45) is 5.92 Å². The Morgan fingerprint density at radius 3 is 2.53 bits per heavy atom. The van der Waals surface area contributed by atoms with Gasteiger partial charge in [-0.15, -0.1) is 0 Å². The number of amides is 2. The van der Waals surface area contributed by atoms with E-state index in [0.29, 0.717) is 34.5 Å². The Hall–Kier alpha value is -3.56. The first-order valence-corrected chi connectivity index (χ1v) is 12.2. The van der Waals surface area contributed by atoms with Gasteiger partial charge < -0.3 is 20.5 Å². The first kappa shape index (κ1) is 25.5. The summed E-state index contributed by atoms with van der Waals surface area (Å²) >= 11 is 0. The molecule has 2 heterocycles. The van der Waals surface area contributed by atoms with Gasteiger partial charge >= 0.3 is 6.18 Å². The normalized spacial score (nSPS) is 14.6. The molecule has 2 amide bonds. The fourth-order valence-electron chi connectivity index (χ4n) is 4.64. The largest absolute Gasteiger partial charge is 0.417 e. The number of nitrogens with one attached hydrogen (secondary N) is 3. The first-order valence-electron chi connectivity index (χ1n) is 12.2. The molecule has 10 heteroatoms. The van der Waals surface area contributed by atoms with Crippen LogP contribution >= 0.6 is 0 Å². The molecule has 0 atom stereocenters. The molecule has 0 spiro atoms. The van der Waals surface area contributed by atoms with Crippen LogP contribution in [0.25, 0.3) is 10.9 Å². The number of fused-ring (bicyclic) bond motifs is 1. The zero-order valence-electron chi connectivity index (χ0n) is 20.3. The number of aromatic amines is 1. The maximum Gasteiger partial charge on any atom is 0.417 e. The van der Waals surface area contributed by atoms with Crippen molar-refractivity contribution in [1.82, 2.24) is 15.3 Å². The molecule has 4 rings (SSSR count). The molecule has 3 N–H and O–H groups in total. The third-order valence-electron chi connectivity index (χ3n) is 6.62. The predicted molar refractivity (Wildman–Crippen MR) is 133 cm³/mol. The van der Waals surface area contributed by atoms with Crippen LogP contribution in [0.2, 0.25) is 0 Å². The minimum Gasteiger partial charge on any atom is -0.365 e. The summed E-state index contributed by atoms with van der Waals surface area (Å²) in [4.78, 5) is 34.6. The van der Waals surface area contributed by atoms with Crippen LogP contribution in [-0.4, -0.2) is 35.4 Å². The number of hydrogen-bond acceptors (Lipinski definition) is 4. The number of nitrogens with zero attached hydrogens (tertiary/aromatic N) is 2. The minimum atomic E-state index is -4.45. The van der Waals surface area contributed by atoms with Crippen LogP contribution in [0, 0.1) is 5.92 Å². The van der Waals surface area contributed by atoms with Gasteiger partial charge in [0.15, 0.2) is 0 Å². The van der Waals surface area contributed by atoms with Crippen molar-refractivity contribution < 1.29 is 22.8 Å². The monoisotopic (exact) mass is 501 g/mol. The molecule has 0 radical (unpaired) electrons. The van der Waals surface area contributed by atoms with Crippen LogP contribution in [0.3, 0.4) is 0 Å². The molecule has 0 saturated heterocycles. The van der Waals surface area contributed by atoms with Crippen LogP contribution < -0.4 is 15.5 Å². The van der Waals surface area contributed by atoms with E-state index in [1.165, 1.54) is 12.5 Å². The summed E-state index contributed by atoms with van der Waals surface area (Å²) in [5, 5.41) is 6.57. The van der Waals surface area contributed by atoms with E-state index in [9.17, 15) is 22.8 Å². The van der Waals surface area contributed by atoms with Gasteiger partial charge in [0.1, 0.15) is 5.82 Å². The molecule has 2 aromatic heterocycles. The van der Waals surface area contributed by atoms with Gasteiger partial charge in [0.05, 0.1) is 23.4 Å². The summed E-state index contributed by atoms with van der Waals surface area (Å²) in [6.07, 6.45) is 1.45. The van der Waals surface area contributed by atoms with Crippen LogP contribution in [-0.2, 0) is 17.5 Å². The van der Waals surface area contributed by atoms with Gasteiger partial charge in [-0.05, 0) is 50.1 Å². The van der Waals surface area contributed by atoms with Gasteiger partial charge in [-0.2, -0.15) is 13.2 Å². The number of anilines is 2. The van der Waals surface area contributed by atoms with E-state index in [1.807, 2.05) is 19.1 Å². The molecule has 192 valence electrons. The fraction of sp³-hybridized carbons (Fsp3) is 0.423. The minimum absolute atomic E-state index is 0.0300. The second-order valence-corrected chi connectivity index (χ2v) is 9.09. The lowest BCUT2D eigenvalue weighted by Crippen LogP contribution is -2.33. The smallest absolute Gasteiger partial charge is 0.365 e. The van der Waals surface area contributed by atoms with E-state index >= 15 is 0 Å². The van der Waals surface area contributed by atoms with Crippen molar-refractivity contribution in [3.63, 3.8) is 0 Å². The SMILES string of the molecule is CCNC(=O)c1c(NCc2ccc(C(F)(F)F)cn2)[nH]c2cc(N(C)C(=O)C3CCCCC3)ccc12. The van der Waals surface area contributed by atoms with E-state index < -0.39 is 11.7 Å². The highest BCUT2D eigenvalue weighted by Gasteiger charge is 2.30. The number of pyridine rings is 1. The van der Waals surface area contributed by atoms with Gasteiger partial charge in [0.25, 0.3) is 5.91 Å². The number of alkyl halides is 3. The van der Waals surface area contributed by atoms with Crippen molar-refractivity contribution >= 4 is 34.2 Å². The number of benzene rings is 1. The molecule has 1 aliphatic rings. The van der Waals surface area contributed by atoms with Crippen molar-refractivity contribution in [3.8, 4) is 0 Å². The molecule has 7 nitrogen and oxygen atoms in total. The van der Waals surface area contributed by atoms with Gasteiger partial charge in [-0.3, -0.25) is 14.6 Å². The summed E-state index contributed by atoms with van der Waals surface area (Å²) in [5.41, 5.74) is 1.35. The maximum atomic E-state index is 13.0. The summed E-state index contributed by atoms with van der Waals surface area (Å²) in [6.45, 7) is 2.36. The molecular weight excluding hydrogens is 471 g/mol. The standard InChI is InChI=1S/C26H30F3N5O2/c1-3-30-24(35)22-20-12-11-19(34(2)25(36)16-7-5-4-6-8-16)13-21(20)33-23(22)32-15-18-10-9-17(14-31-18)26(27,28)29/h9-14,16,32-33H,3-8,15H2,1-2H3,(H,30,35). The molecule has 1 saturated carbocycles. The van der Waals surface area contributed by atoms with E-state index in [1.54, 1.807) is 18.0 Å². The second-order valence-electron chi connectivity index (χ2n) is 9.09. The van der Waals surface area contributed by atoms with E-state index in [-0.39, 0.29) is 24.3 Å². The molecule has 0 unspecified atom stereocenters. The number of halogens is 3. The second kappa shape index (κ2) is 10.6. The third-order valence-corrected chi connectivity index (χ3v) is 6.62. The van der Waals surface area contributed by atoms with E-state index in [4.69, 9.17) is 0 Å². The Balaban J connectivity index is 1.59. The lowest BCUT2D eigenvalue weighted by Gasteiger charge is -2.26. The lowest BCUT2D eigenvalue weighted by atomic mass is 9.88. The highest BCUT2D eigenvalue weighted by atomic mass is 19.4. The molecule has 0 bridgehead atoms. The predicted octanol–water partition coefficient (Wildman–Crippen LogP) is 5.49. The fourth-order valence-corrected chi connectivity index (χ4v) is 4.64. The molecule has 36 heavy (non-hydrogen) atoms. The number of carbonyl (C=O) groups excluding carboxylic acids is 2. The summed E-state index contributed by atoms with van der Waals surface area (Å²) in [5.74, 6) is 0.265. The molecule has 1 fully saturated rings. The van der Waals surface area contributed by atoms with Crippen molar-refractivity contribution in [2.45, 2.75) is 51.7 Å². The molecule has 1 aliphatic carbocycles. The molecule has 3 aromatic rings. The summed E-state index contributed by atoms with van der Waals surface area (Å²) < 4.78 is 38.5. The quantitative estimate of drug-likeness (QED) is 0.400. The zero-order valence-corrected chi connectivity index (χ0v) is 20.3. The van der Waals surface area contributed by atoms with Crippen molar-refractivity contribution in [2.75, 3.05) is 23.8 Å². The summed E-state index contributed by atoms with van der Waals surface area (Å²) in [7, 11) is 1.77. The Labute approximate surface area is 207 Å². The lowest BCUT2D eigenvalue weighted by molar-refractivity contribution is -0.137. The first-order chi connectivity index (χ1) is 17.2. The summed E-state index contributed by atoms with van der Waals surface area (Å²) in [6, 6.07) is 7.73. The average molecular weight is 502 g/mol. The number of aromatic nitrogens is 2. The maximum absolute atomic E-state index is 13.0. The molecular formula is C26H30F3N5O2. The highest BCUT2D eigenvalue weighted by molar-refractivity contribution is 6.12. The number of H-pyrrole nitrogens is 1. The Bertz CT molecular complexity index is 1230. The average Bonchev–Trinajstić information content (AvgIpc) is 3.24. The van der Waals surface area contributed by atoms with Gasteiger partial charge in [-0.25, -0.2) is 0 Å². The Morgan fingerprint density at radius 2 is 1.89 bits per heavy atom. The molecule has 0 aliphatic heterocycles. The number of rotatable bonds is 7. The van der Waals surface area contributed by atoms with Crippen LogP contribution in [0.4, 0.5) is 24.7 Å².